The minimum atomic E-state index is 0.310. The number of nitrogens with one attached hydrogen (secondary N) is 1. The van der Waals surface area contributed by atoms with E-state index in [1.165, 1.54) is 5.56 Å². The summed E-state index contributed by atoms with van der Waals surface area (Å²) in [6.07, 6.45) is 0. The van der Waals surface area contributed by atoms with Crippen LogP contribution in [0.2, 0.25) is 0 Å². The molecule has 0 aliphatic rings. The number of benzene rings is 1. The molecule has 0 fully saturated rings. The van der Waals surface area contributed by atoms with Crippen LogP contribution in [0, 0.1) is 13.8 Å². The van der Waals surface area contributed by atoms with E-state index in [9.17, 15) is 0 Å². The number of nitrogens with zero attached hydrogens (tertiary/aromatic N) is 3. The lowest BCUT2D eigenvalue weighted by Gasteiger charge is -2.09. The molecule has 0 radical (unpaired) electrons. The average molecular weight is 244 g/mol. The van der Waals surface area contributed by atoms with Crippen LogP contribution in [0.15, 0.2) is 18.2 Å². The van der Waals surface area contributed by atoms with Crippen LogP contribution in [-0.4, -0.2) is 29.1 Å². The van der Waals surface area contributed by atoms with E-state index in [2.05, 4.69) is 40.2 Å². The molecule has 1 heterocycles. The van der Waals surface area contributed by atoms with Crippen LogP contribution < -0.4 is 10.1 Å². The number of hydrogen-bond donors (Lipinski definition) is 1. The maximum atomic E-state index is 5.09. The highest BCUT2D eigenvalue weighted by molar-refractivity contribution is 5.62. The fourth-order valence-corrected chi connectivity index (χ4v) is 1.67. The molecule has 18 heavy (non-hydrogen) atoms. The van der Waals surface area contributed by atoms with Crippen molar-refractivity contribution in [3.63, 3.8) is 0 Å². The van der Waals surface area contributed by atoms with E-state index in [0.717, 1.165) is 11.1 Å². The van der Waals surface area contributed by atoms with Gasteiger partial charge in [-0.25, -0.2) is 0 Å². The Kier molecular flexibility index (Phi) is 3.41. The molecule has 0 amide bonds. The molecule has 1 N–H and O–H groups in total. The van der Waals surface area contributed by atoms with E-state index in [1.54, 1.807) is 14.2 Å². The molecule has 94 valence electrons. The molecule has 5 nitrogen and oxygen atoms in total. The number of anilines is 1. The van der Waals surface area contributed by atoms with Crippen molar-refractivity contribution in [2.75, 3.05) is 19.5 Å². The molecule has 0 aliphatic carbocycles. The SMILES string of the molecule is CNc1nc(OC)nc(-c2cccc(C)c2C)n1. The lowest BCUT2D eigenvalue weighted by molar-refractivity contribution is 0.379. The van der Waals surface area contributed by atoms with Gasteiger partial charge in [-0.05, 0) is 25.0 Å². The fraction of sp³-hybridized carbons (Fsp3) is 0.308. The standard InChI is InChI=1S/C13H16N4O/c1-8-6-5-7-10(9(8)2)11-15-12(14-3)17-13(16-11)18-4/h5-7H,1-4H3,(H,14,15,16,17). The zero-order valence-electron chi connectivity index (χ0n) is 11.0. The van der Waals surface area contributed by atoms with Crippen LogP contribution in [0.3, 0.4) is 0 Å². The summed E-state index contributed by atoms with van der Waals surface area (Å²) in [5, 5.41) is 2.90. The van der Waals surface area contributed by atoms with Gasteiger partial charge in [0.25, 0.3) is 0 Å². The lowest BCUT2D eigenvalue weighted by Crippen LogP contribution is -2.04. The highest BCUT2D eigenvalue weighted by Crippen LogP contribution is 2.24. The molecule has 0 saturated carbocycles. The Morgan fingerprint density at radius 3 is 2.56 bits per heavy atom. The van der Waals surface area contributed by atoms with Gasteiger partial charge in [0.05, 0.1) is 7.11 Å². The van der Waals surface area contributed by atoms with E-state index in [1.807, 2.05) is 12.1 Å². The molecule has 1 aromatic heterocycles. The largest absolute Gasteiger partial charge is 0.467 e. The van der Waals surface area contributed by atoms with Gasteiger partial charge < -0.3 is 10.1 Å². The highest BCUT2D eigenvalue weighted by atomic mass is 16.5. The quantitative estimate of drug-likeness (QED) is 0.897. The molecule has 0 unspecified atom stereocenters. The molecule has 0 spiro atoms. The van der Waals surface area contributed by atoms with Crippen molar-refractivity contribution in [3.8, 4) is 17.4 Å². The van der Waals surface area contributed by atoms with Crippen molar-refractivity contribution in [1.82, 2.24) is 15.0 Å². The Balaban J connectivity index is 2.59. The molecule has 0 saturated heterocycles. The molecule has 1 aromatic carbocycles. The Labute approximate surface area is 106 Å². The first kappa shape index (κ1) is 12.3. The van der Waals surface area contributed by atoms with Gasteiger partial charge in [-0.2, -0.15) is 15.0 Å². The molecule has 0 bridgehead atoms. The van der Waals surface area contributed by atoms with Crippen LogP contribution in [0.1, 0.15) is 11.1 Å². The van der Waals surface area contributed by atoms with Crippen molar-refractivity contribution in [2.45, 2.75) is 13.8 Å². The Hall–Kier alpha value is -2.17. The van der Waals surface area contributed by atoms with Crippen molar-refractivity contribution in [2.24, 2.45) is 0 Å². The first-order valence-corrected chi connectivity index (χ1v) is 5.70. The number of ether oxygens (including phenoxy) is 1. The number of rotatable bonds is 3. The molecule has 5 heteroatoms. The summed E-state index contributed by atoms with van der Waals surface area (Å²) in [7, 11) is 3.31. The second-order valence-corrected chi connectivity index (χ2v) is 3.97. The monoisotopic (exact) mass is 244 g/mol. The van der Waals surface area contributed by atoms with Gasteiger partial charge in [-0.1, -0.05) is 18.2 Å². The van der Waals surface area contributed by atoms with E-state index in [-0.39, 0.29) is 0 Å². The Morgan fingerprint density at radius 2 is 1.89 bits per heavy atom. The van der Waals surface area contributed by atoms with Gasteiger partial charge in [0, 0.05) is 12.6 Å². The van der Waals surface area contributed by atoms with Crippen LogP contribution in [0.25, 0.3) is 11.4 Å². The fourth-order valence-electron chi connectivity index (χ4n) is 1.67. The summed E-state index contributed by atoms with van der Waals surface area (Å²) >= 11 is 0. The molecule has 0 aliphatic heterocycles. The van der Waals surface area contributed by atoms with Crippen molar-refractivity contribution >= 4 is 5.95 Å². The number of aromatic nitrogens is 3. The van der Waals surface area contributed by atoms with Crippen molar-refractivity contribution in [1.29, 1.82) is 0 Å². The molecule has 0 atom stereocenters. The summed E-state index contributed by atoms with van der Waals surface area (Å²) in [5.41, 5.74) is 3.36. The van der Waals surface area contributed by atoms with Crippen LogP contribution in [0.4, 0.5) is 5.95 Å². The van der Waals surface area contributed by atoms with Gasteiger partial charge >= 0.3 is 6.01 Å². The lowest BCUT2D eigenvalue weighted by atomic mass is 10.0. The zero-order valence-corrected chi connectivity index (χ0v) is 11.0. The average Bonchev–Trinajstić information content (AvgIpc) is 2.41. The van der Waals surface area contributed by atoms with Crippen LogP contribution in [0.5, 0.6) is 6.01 Å². The third kappa shape index (κ3) is 2.25. The predicted octanol–water partition coefficient (Wildman–Crippen LogP) is 2.21. The zero-order chi connectivity index (χ0) is 13.1. The summed E-state index contributed by atoms with van der Waals surface area (Å²) < 4.78 is 5.09. The number of aryl methyl sites for hydroxylation is 1. The summed E-state index contributed by atoms with van der Waals surface area (Å²) in [6.45, 7) is 4.12. The third-order valence-corrected chi connectivity index (χ3v) is 2.87. The van der Waals surface area contributed by atoms with Crippen LogP contribution in [-0.2, 0) is 0 Å². The van der Waals surface area contributed by atoms with Gasteiger partial charge in [-0.3, -0.25) is 0 Å². The maximum Gasteiger partial charge on any atom is 0.321 e. The highest BCUT2D eigenvalue weighted by Gasteiger charge is 2.10. The maximum absolute atomic E-state index is 5.09. The molecular formula is C13H16N4O. The summed E-state index contributed by atoms with van der Waals surface area (Å²) in [6, 6.07) is 6.37. The molecule has 2 rings (SSSR count). The van der Waals surface area contributed by atoms with Gasteiger partial charge in [0.2, 0.25) is 5.95 Å². The van der Waals surface area contributed by atoms with Crippen molar-refractivity contribution < 1.29 is 4.74 Å². The summed E-state index contributed by atoms with van der Waals surface area (Å²) in [4.78, 5) is 12.7. The van der Waals surface area contributed by atoms with Crippen LogP contribution >= 0.6 is 0 Å². The van der Waals surface area contributed by atoms with Gasteiger partial charge in [0.15, 0.2) is 5.82 Å². The van der Waals surface area contributed by atoms with Crippen molar-refractivity contribution in [3.05, 3.63) is 29.3 Å². The first-order valence-electron chi connectivity index (χ1n) is 5.70. The van der Waals surface area contributed by atoms with E-state index in [0.29, 0.717) is 17.8 Å². The topological polar surface area (TPSA) is 59.9 Å². The smallest absolute Gasteiger partial charge is 0.321 e. The summed E-state index contributed by atoms with van der Waals surface area (Å²) in [5.74, 6) is 1.12. The second-order valence-electron chi connectivity index (χ2n) is 3.97. The second kappa shape index (κ2) is 5.00. The predicted molar refractivity (Wildman–Crippen MR) is 70.8 cm³/mol. The van der Waals surface area contributed by atoms with E-state index < -0.39 is 0 Å². The Morgan fingerprint density at radius 1 is 1.11 bits per heavy atom. The van der Waals surface area contributed by atoms with E-state index >= 15 is 0 Å². The third-order valence-electron chi connectivity index (χ3n) is 2.87. The minimum absolute atomic E-state index is 0.310. The first-order chi connectivity index (χ1) is 8.65. The molecular weight excluding hydrogens is 228 g/mol. The number of hydrogen-bond acceptors (Lipinski definition) is 5. The normalized spacial score (nSPS) is 10.2. The minimum Gasteiger partial charge on any atom is -0.467 e. The number of methoxy groups -OCH3 is 1. The molecule has 2 aromatic rings. The van der Waals surface area contributed by atoms with E-state index in [4.69, 9.17) is 4.74 Å². The van der Waals surface area contributed by atoms with Gasteiger partial charge in [-0.15, -0.1) is 0 Å². The van der Waals surface area contributed by atoms with Gasteiger partial charge in [0.1, 0.15) is 0 Å². The Bertz CT molecular complexity index is 547.